The number of aryl methyl sites for hydroxylation is 1. The first kappa shape index (κ1) is 17.1. The highest BCUT2D eigenvalue weighted by molar-refractivity contribution is 7.84. The predicted molar refractivity (Wildman–Crippen MR) is 88.1 cm³/mol. The molecule has 2 N–H and O–H groups in total. The van der Waals surface area contributed by atoms with Crippen molar-refractivity contribution in [3.8, 4) is 0 Å². The maximum absolute atomic E-state index is 11.1. The molecule has 0 spiro atoms. The standard InChI is InChI=1S/C17H19NO5S/c1-12-7-5-6-10-14(12)16-15(11-21-24(18,19)20)22-17(23-16)13-8-3-2-4-9-13/h2-10,15-17H,11H2,1H3,(H2,18,19,20)/t15-,16-,17?/m0/s1. The van der Waals surface area contributed by atoms with Crippen molar-refractivity contribution in [3.63, 3.8) is 0 Å². The highest BCUT2D eigenvalue weighted by Gasteiger charge is 2.39. The maximum atomic E-state index is 11.1. The Morgan fingerprint density at radius 3 is 2.38 bits per heavy atom. The van der Waals surface area contributed by atoms with Crippen LogP contribution in [0.1, 0.15) is 29.1 Å². The largest absolute Gasteiger partial charge is 0.340 e. The van der Waals surface area contributed by atoms with Crippen LogP contribution in [0.25, 0.3) is 0 Å². The zero-order valence-electron chi connectivity index (χ0n) is 13.2. The van der Waals surface area contributed by atoms with E-state index >= 15 is 0 Å². The monoisotopic (exact) mass is 349 g/mol. The summed E-state index contributed by atoms with van der Waals surface area (Å²) in [6.07, 6.45) is -1.63. The summed E-state index contributed by atoms with van der Waals surface area (Å²) in [4.78, 5) is 0. The Kier molecular flexibility index (Phi) is 4.98. The molecule has 128 valence electrons. The fourth-order valence-corrected chi connectivity index (χ4v) is 3.04. The zero-order chi connectivity index (χ0) is 17.2. The van der Waals surface area contributed by atoms with Crippen molar-refractivity contribution in [1.29, 1.82) is 0 Å². The third kappa shape index (κ3) is 4.00. The number of benzene rings is 2. The Balaban J connectivity index is 1.86. The van der Waals surface area contributed by atoms with Crippen LogP contribution in [0.4, 0.5) is 0 Å². The molecule has 7 heteroatoms. The third-order valence-electron chi connectivity index (χ3n) is 3.87. The third-order valence-corrected chi connectivity index (χ3v) is 4.33. The molecule has 0 bridgehead atoms. The van der Waals surface area contributed by atoms with Crippen molar-refractivity contribution in [2.75, 3.05) is 6.61 Å². The van der Waals surface area contributed by atoms with Crippen molar-refractivity contribution in [2.45, 2.75) is 25.4 Å². The fourth-order valence-electron chi connectivity index (χ4n) is 2.72. The van der Waals surface area contributed by atoms with Crippen LogP contribution in [-0.2, 0) is 24.0 Å². The Morgan fingerprint density at radius 2 is 1.71 bits per heavy atom. The van der Waals surface area contributed by atoms with E-state index in [0.29, 0.717) is 0 Å². The minimum absolute atomic E-state index is 0.207. The minimum atomic E-state index is -4.05. The summed E-state index contributed by atoms with van der Waals surface area (Å²) in [6, 6.07) is 17.2. The van der Waals surface area contributed by atoms with Gasteiger partial charge in [0.1, 0.15) is 12.2 Å². The molecular weight excluding hydrogens is 330 g/mol. The fraction of sp³-hybridized carbons (Fsp3) is 0.294. The van der Waals surface area contributed by atoms with Crippen molar-refractivity contribution in [2.24, 2.45) is 5.14 Å². The number of ether oxygens (including phenoxy) is 2. The number of nitrogens with two attached hydrogens (primary N) is 1. The molecule has 6 nitrogen and oxygen atoms in total. The molecule has 0 saturated carbocycles. The van der Waals surface area contributed by atoms with Crippen LogP contribution in [0.5, 0.6) is 0 Å². The molecule has 1 fully saturated rings. The first-order valence-corrected chi connectivity index (χ1v) is 9.00. The van der Waals surface area contributed by atoms with Crippen LogP contribution in [0, 0.1) is 6.92 Å². The first-order valence-electron chi connectivity index (χ1n) is 7.52. The minimum Gasteiger partial charge on any atom is -0.340 e. The summed E-state index contributed by atoms with van der Waals surface area (Å²) in [5.41, 5.74) is 2.81. The van der Waals surface area contributed by atoms with Gasteiger partial charge in [0, 0.05) is 5.56 Å². The Morgan fingerprint density at radius 1 is 1.04 bits per heavy atom. The Labute approximate surface area is 141 Å². The van der Waals surface area contributed by atoms with E-state index in [1.54, 1.807) is 0 Å². The van der Waals surface area contributed by atoms with Gasteiger partial charge in [0.05, 0.1) is 6.61 Å². The number of rotatable bonds is 5. The van der Waals surface area contributed by atoms with Crippen LogP contribution in [0.2, 0.25) is 0 Å². The van der Waals surface area contributed by atoms with Crippen LogP contribution in [-0.4, -0.2) is 21.1 Å². The predicted octanol–water partition coefficient (Wildman–Crippen LogP) is 2.37. The second kappa shape index (κ2) is 7.00. The first-order chi connectivity index (χ1) is 11.4. The molecular formula is C17H19NO5S. The zero-order valence-corrected chi connectivity index (χ0v) is 14.0. The summed E-state index contributed by atoms with van der Waals surface area (Å²) >= 11 is 0. The lowest BCUT2D eigenvalue weighted by molar-refractivity contribution is -0.0727. The van der Waals surface area contributed by atoms with Gasteiger partial charge in [-0.2, -0.15) is 8.42 Å². The van der Waals surface area contributed by atoms with E-state index in [4.69, 9.17) is 18.8 Å². The summed E-state index contributed by atoms with van der Waals surface area (Å²) < 4.78 is 38.9. The second-order valence-corrected chi connectivity index (χ2v) is 6.83. The molecule has 0 aliphatic carbocycles. The van der Waals surface area contributed by atoms with Crippen molar-refractivity contribution >= 4 is 10.3 Å². The average Bonchev–Trinajstić information content (AvgIpc) is 2.98. The summed E-state index contributed by atoms with van der Waals surface area (Å²) in [7, 11) is -4.05. The van der Waals surface area contributed by atoms with Crippen LogP contribution in [0.15, 0.2) is 54.6 Å². The molecule has 1 aliphatic heterocycles. The maximum Gasteiger partial charge on any atom is 0.333 e. The van der Waals surface area contributed by atoms with Gasteiger partial charge in [-0.25, -0.2) is 5.14 Å². The highest BCUT2D eigenvalue weighted by atomic mass is 32.2. The van der Waals surface area contributed by atoms with Gasteiger partial charge in [0.25, 0.3) is 0 Å². The molecule has 24 heavy (non-hydrogen) atoms. The summed E-state index contributed by atoms with van der Waals surface area (Å²) in [5.74, 6) is 0. The molecule has 2 aromatic rings. The van der Waals surface area contributed by atoms with E-state index in [9.17, 15) is 8.42 Å². The molecule has 1 aliphatic rings. The van der Waals surface area contributed by atoms with E-state index < -0.39 is 28.8 Å². The lowest BCUT2D eigenvalue weighted by Gasteiger charge is -2.18. The molecule has 3 atom stereocenters. The van der Waals surface area contributed by atoms with E-state index in [1.165, 1.54) is 0 Å². The molecule has 1 saturated heterocycles. The summed E-state index contributed by atoms with van der Waals surface area (Å²) in [5, 5.41) is 4.93. The number of hydrogen-bond donors (Lipinski definition) is 1. The van der Waals surface area contributed by atoms with Gasteiger partial charge in [-0.05, 0) is 18.1 Å². The average molecular weight is 349 g/mol. The smallest absolute Gasteiger partial charge is 0.333 e. The van der Waals surface area contributed by atoms with Crippen molar-refractivity contribution in [3.05, 3.63) is 71.3 Å². The van der Waals surface area contributed by atoms with E-state index in [1.807, 2.05) is 61.5 Å². The van der Waals surface area contributed by atoms with Crippen molar-refractivity contribution in [1.82, 2.24) is 0 Å². The quantitative estimate of drug-likeness (QED) is 0.895. The van der Waals surface area contributed by atoms with Gasteiger partial charge in [0.15, 0.2) is 6.29 Å². The molecule has 0 amide bonds. The molecule has 2 aromatic carbocycles. The lowest BCUT2D eigenvalue weighted by Crippen LogP contribution is -2.27. The van der Waals surface area contributed by atoms with E-state index in [0.717, 1.165) is 16.7 Å². The topological polar surface area (TPSA) is 87.8 Å². The molecule has 0 radical (unpaired) electrons. The van der Waals surface area contributed by atoms with E-state index in [2.05, 4.69) is 0 Å². The van der Waals surface area contributed by atoms with Crippen molar-refractivity contribution < 1.29 is 22.1 Å². The molecule has 3 rings (SSSR count). The van der Waals surface area contributed by atoms with Gasteiger partial charge >= 0.3 is 10.3 Å². The van der Waals surface area contributed by atoms with Gasteiger partial charge in [-0.15, -0.1) is 0 Å². The number of hydrogen-bond acceptors (Lipinski definition) is 5. The second-order valence-electron chi connectivity index (χ2n) is 5.61. The SMILES string of the molecule is Cc1ccccc1[C@@H]1OC(c2ccccc2)O[C@H]1COS(N)(=O)=O. The Hall–Kier alpha value is -1.77. The van der Waals surface area contributed by atoms with E-state index in [-0.39, 0.29) is 6.61 Å². The normalized spacial score (nSPS) is 24.2. The van der Waals surface area contributed by atoms with Crippen LogP contribution < -0.4 is 5.14 Å². The van der Waals surface area contributed by atoms with Crippen LogP contribution in [0.3, 0.4) is 0 Å². The molecule has 1 heterocycles. The van der Waals surface area contributed by atoms with Gasteiger partial charge in [0.2, 0.25) is 0 Å². The summed E-state index contributed by atoms with van der Waals surface area (Å²) in [6.45, 7) is 1.76. The van der Waals surface area contributed by atoms with Gasteiger partial charge in [-0.1, -0.05) is 54.6 Å². The lowest BCUT2D eigenvalue weighted by atomic mass is 10.00. The Bertz CT molecular complexity index is 794. The molecule has 0 aromatic heterocycles. The molecule has 1 unspecified atom stereocenters. The highest BCUT2D eigenvalue weighted by Crippen LogP contribution is 2.40. The van der Waals surface area contributed by atoms with Gasteiger partial charge < -0.3 is 9.47 Å². The van der Waals surface area contributed by atoms with Gasteiger partial charge in [-0.3, -0.25) is 4.18 Å². The van der Waals surface area contributed by atoms with Crippen LogP contribution >= 0.6 is 0 Å².